The highest BCUT2D eigenvalue weighted by Gasteiger charge is 2.33. The largest absolute Gasteiger partial charge is 0.485 e. The number of rotatable bonds is 7. The first kappa shape index (κ1) is 20.6. The molecule has 0 aliphatic carbocycles. The van der Waals surface area contributed by atoms with E-state index >= 15 is 0 Å². The fourth-order valence-corrected chi connectivity index (χ4v) is 4.66. The summed E-state index contributed by atoms with van der Waals surface area (Å²) in [4.78, 5) is 22.4. The van der Waals surface area contributed by atoms with E-state index in [1.807, 2.05) is 49.4 Å². The number of benzene rings is 2. The van der Waals surface area contributed by atoms with Gasteiger partial charge in [0.05, 0.1) is 10.2 Å². The SMILES string of the molecule is CCN(CC)CCN(C(=O)C1COc2ccccc2O1)c1nc2c(C)cccc2s1. The van der Waals surface area contributed by atoms with Gasteiger partial charge in [-0.1, -0.05) is 49.4 Å². The van der Waals surface area contributed by atoms with Gasteiger partial charge in [0.25, 0.3) is 5.91 Å². The molecule has 7 heteroatoms. The molecular weight excluding hydrogens is 398 g/mol. The molecule has 0 spiro atoms. The molecule has 1 aliphatic rings. The number of amides is 1. The number of para-hydroxylation sites is 3. The van der Waals surface area contributed by atoms with Crippen LogP contribution in [0.3, 0.4) is 0 Å². The lowest BCUT2D eigenvalue weighted by molar-refractivity contribution is -0.127. The molecule has 0 radical (unpaired) electrons. The maximum Gasteiger partial charge on any atom is 0.273 e. The van der Waals surface area contributed by atoms with Gasteiger partial charge in [0.1, 0.15) is 6.61 Å². The van der Waals surface area contributed by atoms with Crippen LogP contribution in [-0.4, -0.2) is 54.7 Å². The van der Waals surface area contributed by atoms with Gasteiger partial charge in [-0.15, -0.1) is 0 Å². The number of hydrogen-bond donors (Lipinski definition) is 0. The van der Waals surface area contributed by atoms with Crippen molar-refractivity contribution in [1.82, 2.24) is 9.88 Å². The minimum atomic E-state index is -0.690. The topological polar surface area (TPSA) is 54.9 Å². The first-order valence-corrected chi connectivity index (χ1v) is 11.2. The summed E-state index contributed by atoms with van der Waals surface area (Å²) in [6, 6.07) is 13.6. The molecule has 158 valence electrons. The first-order valence-electron chi connectivity index (χ1n) is 10.4. The highest BCUT2D eigenvalue weighted by molar-refractivity contribution is 7.22. The molecule has 6 nitrogen and oxygen atoms in total. The summed E-state index contributed by atoms with van der Waals surface area (Å²) >= 11 is 1.54. The van der Waals surface area contributed by atoms with E-state index < -0.39 is 6.10 Å². The molecule has 2 heterocycles. The van der Waals surface area contributed by atoms with Crippen LogP contribution in [0.4, 0.5) is 5.13 Å². The minimum Gasteiger partial charge on any atom is -0.485 e. The van der Waals surface area contributed by atoms with Crippen LogP contribution < -0.4 is 14.4 Å². The summed E-state index contributed by atoms with van der Waals surface area (Å²) in [5, 5.41) is 0.707. The number of hydrogen-bond acceptors (Lipinski definition) is 6. The predicted octanol–water partition coefficient (Wildman–Crippen LogP) is 4.12. The molecule has 1 aromatic heterocycles. The zero-order valence-corrected chi connectivity index (χ0v) is 18.4. The zero-order valence-electron chi connectivity index (χ0n) is 17.6. The molecule has 3 aromatic rings. The van der Waals surface area contributed by atoms with Crippen LogP contribution in [0, 0.1) is 6.92 Å². The molecule has 2 aromatic carbocycles. The smallest absolute Gasteiger partial charge is 0.273 e. The van der Waals surface area contributed by atoms with Gasteiger partial charge in [0.15, 0.2) is 16.6 Å². The predicted molar refractivity (Wildman–Crippen MR) is 121 cm³/mol. The van der Waals surface area contributed by atoms with Crippen molar-refractivity contribution in [2.24, 2.45) is 0 Å². The third-order valence-electron chi connectivity index (χ3n) is 5.42. The second kappa shape index (κ2) is 9.02. The second-order valence-corrected chi connectivity index (χ2v) is 8.31. The number of fused-ring (bicyclic) bond motifs is 2. The van der Waals surface area contributed by atoms with Gasteiger partial charge in [-0.05, 0) is 43.8 Å². The Hall–Kier alpha value is -2.64. The van der Waals surface area contributed by atoms with E-state index in [1.165, 1.54) is 0 Å². The number of carbonyl (C=O) groups excluding carboxylic acids is 1. The van der Waals surface area contributed by atoms with Crippen LogP contribution in [0.1, 0.15) is 19.4 Å². The number of thiazole rings is 1. The number of aryl methyl sites for hydroxylation is 1. The summed E-state index contributed by atoms with van der Waals surface area (Å²) in [7, 11) is 0. The van der Waals surface area contributed by atoms with Gasteiger partial charge in [-0.3, -0.25) is 9.69 Å². The lowest BCUT2D eigenvalue weighted by atomic mass is 10.2. The van der Waals surface area contributed by atoms with Crippen molar-refractivity contribution in [3.05, 3.63) is 48.0 Å². The summed E-state index contributed by atoms with van der Waals surface area (Å²) in [6.45, 7) is 9.71. The zero-order chi connectivity index (χ0) is 21.1. The van der Waals surface area contributed by atoms with Gasteiger partial charge in [0, 0.05) is 13.1 Å². The lowest BCUT2D eigenvalue weighted by Gasteiger charge is -2.30. The third-order valence-corrected chi connectivity index (χ3v) is 6.47. The Kier molecular flexibility index (Phi) is 6.20. The number of aromatic nitrogens is 1. The monoisotopic (exact) mass is 425 g/mol. The van der Waals surface area contributed by atoms with Crippen LogP contribution in [0.25, 0.3) is 10.2 Å². The lowest BCUT2D eigenvalue weighted by Crippen LogP contribution is -2.48. The van der Waals surface area contributed by atoms with Crippen LogP contribution in [-0.2, 0) is 4.79 Å². The molecule has 1 atom stereocenters. The van der Waals surface area contributed by atoms with E-state index in [1.54, 1.807) is 16.2 Å². The van der Waals surface area contributed by atoms with E-state index in [9.17, 15) is 4.79 Å². The Labute approximate surface area is 181 Å². The van der Waals surface area contributed by atoms with E-state index in [0.29, 0.717) is 23.2 Å². The quantitative estimate of drug-likeness (QED) is 0.570. The molecule has 1 unspecified atom stereocenters. The Morgan fingerprint density at radius 1 is 1.10 bits per heavy atom. The normalized spacial score (nSPS) is 15.5. The molecule has 1 aliphatic heterocycles. The van der Waals surface area contributed by atoms with Crippen molar-refractivity contribution in [3.8, 4) is 11.5 Å². The molecule has 4 rings (SSSR count). The van der Waals surface area contributed by atoms with Crippen molar-refractivity contribution in [2.75, 3.05) is 37.7 Å². The Morgan fingerprint density at radius 2 is 1.87 bits per heavy atom. The number of nitrogens with zero attached hydrogens (tertiary/aromatic N) is 3. The third kappa shape index (κ3) is 4.13. The molecule has 0 saturated carbocycles. The standard InChI is InChI=1S/C23H27N3O3S/c1-4-25(5-2)13-14-26(23-24-21-16(3)9-8-12-20(21)30-23)22(27)19-15-28-17-10-6-7-11-18(17)29-19/h6-12,19H,4-5,13-15H2,1-3H3. The number of carbonyl (C=O) groups is 1. The molecule has 30 heavy (non-hydrogen) atoms. The molecule has 0 saturated heterocycles. The van der Waals surface area contributed by atoms with Crippen LogP contribution >= 0.6 is 11.3 Å². The van der Waals surface area contributed by atoms with E-state index in [2.05, 4.69) is 18.7 Å². The second-order valence-electron chi connectivity index (χ2n) is 7.30. The highest BCUT2D eigenvalue weighted by atomic mass is 32.1. The van der Waals surface area contributed by atoms with E-state index in [4.69, 9.17) is 14.5 Å². The van der Waals surface area contributed by atoms with Gasteiger partial charge in [-0.25, -0.2) is 4.98 Å². The van der Waals surface area contributed by atoms with Gasteiger partial charge >= 0.3 is 0 Å². The van der Waals surface area contributed by atoms with Crippen LogP contribution in [0.15, 0.2) is 42.5 Å². The summed E-state index contributed by atoms with van der Waals surface area (Å²) in [6.07, 6.45) is -0.690. The molecule has 0 N–H and O–H groups in total. The summed E-state index contributed by atoms with van der Waals surface area (Å²) < 4.78 is 12.9. The number of anilines is 1. The van der Waals surface area contributed by atoms with Crippen molar-refractivity contribution >= 4 is 32.6 Å². The fraction of sp³-hybridized carbons (Fsp3) is 0.391. The summed E-state index contributed by atoms with van der Waals surface area (Å²) in [5.74, 6) is 1.16. The van der Waals surface area contributed by atoms with Crippen molar-refractivity contribution in [1.29, 1.82) is 0 Å². The average molecular weight is 426 g/mol. The van der Waals surface area contributed by atoms with Crippen molar-refractivity contribution in [2.45, 2.75) is 26.9 Å². The van der Waals surface area contributed by atoms with Gasteiger partial charge in [-0.2, -0.15) is 0 Å². The molecular formula is C23H27N3O3S. The molecule has 0 bridgehead atoms. The first-order chi connectivity index (χ1) is 14.6. The van der Waals surface area contributed by atoms with E-state index in [-0.39, 0.29) is 12.5 Å². The molecule has 0 fully saturated rings. The maximum atomic E-state index is 13.5. The summed E-state index contributed by atoms with van der Waals surface area (Å²) in [5.41, 5.74) is 2.06. The van der Waals surface area contributed by atoms with Crippen LogP contribution in [0.2, 0.25) is 0 Å². The molecule has 1 amide bonds. The van der Waals surface area contributed by atoms with Crippen LogP contribution in [0.5, 0.6) is 11.5 Å². The average Bonchev–Trinajstić information content (AvgIpc) is 3.21. The fourth-order valence-electron chi connectivity index (χ4n) is 3.59. The maximum absolute atomic E-state index is 13.5. The number of likely N-dealkylation sites (N-methyl/N-ethyl adjacent to an activating group) is 1. The minimum absolute atomic E-state index is 0.117. The van der Waals surface area contributed by atoms with E-state index in [0.717, 1.165) is 35.4 Å². The van der Waals surface area contributed by atoms with Gasteiger partial charge in [0.2, 0.25) is 6.10 Å². The van der Waals surface area contributed by atoms with Crippen molar-refractivity contribution < 1.29 is 14.3 Å². The number of ether oxygens (including phenoxy) is 2. The highest BCUT2D eigenvalue weighted by Crippen LogP contribution is 2.34. The Morgan fingerprint density at radius 3 is 2.60 bits per heavy atom. The Bertz CT molecular complexity index is 1030. The van der Waals surface area contributed by atoms with Gasteiger partial charge < -0.3 is 14.4 Å². The van der Waals surface area contributed by atoms with Crippen molar-refractivity contribution in [3.63, 3.8) is 0 Å². The Balaban J connectivity index is 1.62.